The fourth-order valence-electron chi connectivity index (χ4n) is 1.55. The standard InChI is InChI=1S/C8H12F3NO2/c1-8(2)12(7(13)6(10)11)5(3-9)4-14-8/h5-6H,3-4H2,1-2H3. The first-order chi connectivity index (χ1) is 6.40. The van der Waals surface area contributed by atoms with E-state index < -0.39 is 30.8 Å². The van der Waals surface area contributed by atoms with E-state index in [4.69, 9.17) is 4.74 Å². The Morgan fingerprint density at radius 1 is 1.64 bits per heavy atom. The molecule has 1 aliphatic heterocycles. The Hall–Kier alpha value is -0.780. The predicted molar refractivity (Wildman–Crippen MR) is 42.6 cm³/mol. The third kappa shape index (κ3) is 1.84. The monoisotopic (exact) mass is 211 g/mol. The summed E-state index contributed by atoms with van der Waals surface area (Å²) in [7, 11) is 0. The number of alkyl halides is 3. The Balaban J connectivity index is 2.85. The summed E-state index contributed by atoms with van der Waals surface area (Å²) in [6, 6.07) is -0.897. The number of nitrogens with zero attached hydrogens (tertiary/aromatic N) is 1. The van der Waals surface area contributed by atoms with Crippen molar-refractivity contribution in [3.05, 3.63) is 0 Å². The van der Waals surface area contributed by atoms with Crippen LogP contribution in [0.1, 0.15) is 13.8 Å². The van der Waals surface area contributed by atoms with Crippen molar-refractivity contribution in [2.24, 2.45) is 0 Å². The van der Waals surface area contributed by atoms with E-state index in [1.54, 1.807) is 0 Å². The number of hydrogen-bond donors (Lipinski definition) is 0. The molecule has 6 heteroatoms. The van der Waals surface area contributed by atoms with Crippen molar-refractivity contribution >= 4 is 5.91 Å². The van der Waals surface area contributed by atoms with Crippen molar-refractivity contribution in [3.63, 3.8) is 0 Å². The Kier molecular flexibility index (Phi) is 3.04. The molecular formula is C8H12F3NO2. The van der Waals surface area contributed by atoms with E-state index in [1.165, 1.54) is 13.8 Å². The Bertz CT molecular complexity index is 233. The quantitative estimate of drug-likeness (QED) is 0.686. The minimum Gasteiger partial charge on any atom is -0.354 e. The maximum Gasteiger partial charge on any atom is 0.315 e. The molecule has 1 unspecified atom stereocenters. The summed E-state index contributed by atoms with van der Waals surface area (Å²) in [6.45, 7) is 2.01. The number of hydrogen-bond acceptors (Lipinski definition) is 2. The lowest BCUT2D eigenvalue weighted by molar-refractivity contribution is -0.158. The third-order valence-corrected chi connectivity index (χ3v) is 2.18. The number of rotatable bonds is 2. The summed E-state index contributed by atoms with van der Waals surface area (Å²) in [6.07, 6.45) is -3.12. The first kappa shape index (κ1) is 11.3. The van der Waals surface area contributed by atoms with Gasteiger partial charge in [-0.3, -0.25) is 4.79 Å². The molecule has 82 valence electrons. The average molecular weight is 211 g/mol. The van der Waals surface area contributed by atoms with E-state index in [0.29, 0.717) is 0 Å². The van der Waals surface area contributed by atoms with Gasteiger partial charge in [-0.15, -0.1) is 0 Å². The average Bonchev–Trinajstić information content (AvgIpc) is 2.39. The van der Waals surface area contributed by atoms with Crippen molar-refractivity contribution in [1.82, 2.24) is 4.90 Å². The molecule has 14 heavy (non-hydrogen) atoms. The highest BCUT2D eigenvalue weighted by molar-refractivity contribution is 5.80. The zero-order valence-corrected chi connectivity index (χ0v) is 7.97. The number of amides is 1. The van der Waals surface area contributed by atoms with Gasteiger partial charge in [0.1, 0.15) is 12.4 Å². The van der Waals surface area contributed by atoms with Gasteiger partial charge < -0.3 is 9.64 Å². The van der Waals surface area contributed by atoms with Gasteiger partial charge in [0.2, 0.25) is 0 Å². The lowest BCUT2D eigenvalue weighted by atomic mass is 10.2. The van der Waals surface area contributed by atoms with Crippen LogP contribution in [0.5, 0.6) is 0 Å². The molecule has 1 fully saturated rings. The van der Waals surface area contributed by atoms with Crippen LogP contribution in [0.4, 0.5) is 13.2 Å². The molecule has 1 atom stereocenters. The van der Waals surface area contributed by atoms with Crippen LogP contribution in [0.2, 0.25) is 0 Å². The number of ether oxygens (including phenoxy) is 1. The van der Waals surface area contributed by atoms with Crippen LogP contribution in [-0.2, 0) is 9.53 Å². The van der Waals surface area contributed by atoms with Crippen LogP contribution in [0.25, 0.3) is 0 Å². The molecule has 0 N–H and O–H groups in total. The lowest BCUT2D eigenvalue weighted by Crippen LogP contribution is -2.50. The molecule has 1 heterocycles. The molecule has 1 amide bonds. The van der Waals surface area contributed by atoms with Gasteiger partial charge in [-0.1, -0.05) is 0 Å². The maximum absolute atomic E-state index is 12.4. The Morgan fingerprint density at radius 3 is 2.64 bits per heavy atom. The fourth-order valence-corrected chi connectivity index (χ4v) is 1.55. The highest BCUT2D eigenvalue weighted by atomic mass is 19.3. The molecule has 0 bridgehead atoms. The largest absolute Gasteiger partial charge is 0.354 e. The van der Waals surface area contributed by atoms with Crippen molar-refractivity contribution in [1.29, 1.82) is 0 Å². The molecule has 0 aromatic heterocycles. The summed E-state index contributed by atoms with van der Waals surface area (Å²) in [5, 5.41) is 0. The van der Waals surface area contributed by atoms with Gasteiger partial charge in [0, 0.05) is 0 Å². The smallest absolute Gasteiger partial charge is 0.315 e. The summed E-state index contributed by atoms with van der Waals surface area (Å²) >= 11 is 0. The minimum absolute atomic E-state index is 0.0397. The van der Waals surface area contributed by atoms with E-state index in [0.717, 1.165) is 4.90 Å². The van der Waals surface area contributed by atoms with Crippen molar-refractivity contribution in [2.75, 3.05) is 13.3 Å². The Morgan fingerprint density at radius 2 is 2.21 bits per heavy atom. The fraction of sp³-hybridized carbons (Fsp3) is 0.875. The second-order valence-electron chi connectivity index (χ2n) is 3.57. The lowest BCUT2D eigenvalue weighted by Gasteiger charge is -2.32. The first-order valence-corrected chi connectivity index (χ1v) is 4.21. The predicted octanol–water partition coefficient (Wildman–Crippen LogP) is 1.18. The molecule has 1 aliphatic rings. The molecule has 3 nitrogen and oxygen atoms in total. The van der Waals surface area contributed by atoms with E-state index in [9.17, 15) is 18.0 Å². The normalized spacial score (nSPS) is 25.9. The highest BCUT2D eigenvalue weighted by Crippen LogP contribution is 2.28. The molecule has 1 saturated heterocycles. The van der Waals surface area contributed by atoms with E-state index in [1.807, 2.05) is 0 Å². The first-order valence-electron chi connectivity index (χ1n) is 4.21. The molecule has 0 radical (unpaired) electrons. The molecule has 0 aromatic carbocycles. The van der Waals surface area contributed by atoms with Gasteiger partial charge in [0.25, 0.3) is 5.91 Å². The van der Waals surface area contributed by atoms with Crippen molar-refractivity contribution < 1.29 is 22.7 Å². The SMILES string of the molecule is CC1(C)OCC(CF)N1C(=O)C(F)F. The summed E-state index contributed by atoms with van der Waals surface area (Å²) in [5.74, 6) is -1.38. The zero-order chi connectivity index (χ0) is 10.9. The number of carbonyl (C=O) groups is 1. The van der Waals surface area contributed by atoms with Gasteiger partial charge in [-0.2, -0.15) is 8.78 Å². The summed E-state index contributed by atoms with van der Waals surface area (Å²) in [4.78, 5) is 11.8. The van der Waals surface area contributed by atoms with E-state index >= 15 is 0 Å². The van der Waals surface area contributed by atoms with Crippen LogP contribution in [0.3, 0.4) is 0 Å². The van der Waals surface area contributed by atoms with Crippen LogP contribution < -0.4 is 0 Å². The molecule has 0 saturated carbocycles. The van der Waals surface area contributed by atoms with Crippen LogP contribution in [0, 0.1) is 0 Å². The number of halogens is 3. The van der Waals surface area contributed by atoms with Gasteiger partial charge >= 0.3 is 6.43 Å². The number of carbonyl (C=O) groups excluding carboxylic acids is 1. The summed E-state index contributed by atoms with van der Waals surface area (Å²) < 4.78 is 41.8. The van der Waals surface area contributed by atoms with Crippen LogP contribution in [0.15, 0.2) is 0 Å². The van der Waals surface area contributed by atoms with E-state index in [2.05, 4.69) is 0 Å². The second kappa shape index (κ2) is 3.76. The Labute approximate surface area is 79.8 Å². The van der Waals surface area contributed by atoms with Gasteiger partial charge in [-0.25, -0.2) is 4.39 Å². The highest BCUT2D eigenvalue weighted by Gasteiger charge is 2.46. The van der Waals surface area contributed by atoms with E-state index in [-0.39, 0.29) is 6.61 Å². The van der Waals surface area contributed by atoms with Crippen LogP contribution in [-0.4, -0.2) is 42.3 Å². The van der Waals surface area contributed by atoms with Crippen molar-refractivity contribution in [2.45, 2.75) is 32.0 Å². The maximum atomic E-state index is 12.4. The van der Waals surface area contributed by atoms with Crippen molar-refractivity contribution in [3.8, 4) is 0 Å². The molecule has 1 rings (SSSR count). The molecule has 0 aromatic rings. The molecular weight excluding hydrogens is 199 g/mol. The van der Waals surface area contributed by atoms with Gasteiger partial charge in [-0.05, 0) is 13.8 Å². The third-order valence-electron chi connectivity index (χ3n) is 2.18. The minimum atomic E-state index is -3.12. The summed E-state index contributed by atoms with van der Waals surface area (Å²) in [5.41, 5.74) is -1.15. The molecule has 0 spiro atoms. The topological polar surface area (TPSA) is 29.5 Å². The van der Waals surface area contributed by atoms with Gasteiger partial charge in [0.05, 0.1) is 12.6 Å². The van der Waals surface area contributed by atoms with Crippen LogP contribution >= 0.6 is 0 Å². The van der Waals surface area contributed by atoms with Gasteiger partial charge in [0.15, 0.2) is 0 Å². The molecule has 0 aliphatic carbocycles. The second-order valence-corrected chi connectivity index (χ2v) is 3.57. The zero-order valence-electron chi connectivity index (χ0n) is 7.97.